The van der Waals surface area contributed by atoms with E-state index in [0.717, 1.165) is 12.0 Å². The lowest BCUT2D eigenvalue weighted by Crippen LogP contribution is -2.29. The molecular weight excluding hydrogens is 134 g/mol. The highest BCUT2D eigenvalue weighted by Gasteiger charge is 2.36. The Bertz CT molecular complexity index is 138. The van der Waals surface area contributed by atoms with Crippen molar-refractivity contribution in [3.05, 3.63) is 0 Å². The standard InChI is InChI=1S/C10H21N/c1-8(2)9-6-10(3,4)7-11(9)5/h8-9H,6-7H2,1-5H3. The molecule has 0 spiro atoms. The molecule has 0 aromatic heterocycles. The molecule has 1 heterocycles. The van der Waals surface area contributed by atoms with Crippen LogP contribution in [-0.2, 0) is 0 Å². The zero-order valence-corrected chi connectivity index (χ0v) is 8.52. The second-order valence-corrected chi connectivity index (χ2v) is 5.09. The van der Waals surface area contributed by atoms with Crippen molar-refractivity contribution in [2.75, 3.05) is 13.6 Å². The molecule has 0 aromatic rings. The summed E-state index contributed by atoms with van der Waals surface area (Å²) in [6.07, 6.45) is 1.36. The molecule has 0 bridgehead atoms. The Morgan fingerprint density at radius 2 is 1.91 bits per heavy atom. The van der Waals surface area contributed by atoms with Gasteiger partial charge < -0.3 is 4.90 Å². The zero-order chi connectivity index (χ0) is 8.65. The topological polar surface area (TPSA) is 3.24 Å². The maximum atomic E-state index is 2.50. The molecule has 66 valence electrons. The maximum Gasteiger partial charge on any atom is 0.0121 e. The summed E-state index contributed by atoms with van der Waals surface area (Å²) in [4.78, 5) is 2.50. The molecule has 1 unspecified atom stereocenters. The van der Waals surface area contributed by atoms with Gasteiger partial charge in [-0.25, -0.2) is 0 Å². The third-order valence-electron chi connectivity index (χ3n) is 2.77. The van der Waals surface area contributed by atoms with Crippen LogP contribution in [0.15, 0.2) is 0 Å². The molecule has 1 nitrogen and oxygen atoms in total. The Labute approximate surface area is 70.8 Å². The number of nitrogens with zero attached hydrogens (tertiary/aromatic N) is 1. The predicted molar refractivity (Wildman–Crippen MR) is 49.7 cm³/mol. The second-order valence-electron chi connectivity index (χ2n) is 5.09. The first-order chi connectivity index (χ1) is 4.92. The summed E-state index contributed by atoms with van der Waals surface area (Å²) in [6.45, 7) is 10.6. The molecule has 0 saturated carbocycles. The quantitative estimate of drug-likeness (QED) is 0.562. The van der Waals surface area contributed by atoms with Gasteiger partial charge in [0.05, 0.1) is 0 Å². The summed E-state index contributed by atoms with van der Waals surface area (Å²) >= 11 is 0. The van der Waals surface area contributed by atoms with Crippen LogP contribution in [0.25, 0.3) is 0 Å². The van der Waals surface area contributed by atoms with Crippen LogP contribution >= 0.6 is 0 Å². The minimum atomic E-state index is 0.545. The highest BCUT2D eigenvalue weighted by Crippen LogP contribution is 2.35. The molecule has 1 atom stereocenters. The van der Waals surface area contributed by atoms with Gasteiger partial charge in [0.1, 0.15) is 0 Å². The fourth-order valence-corrected chi connectivity index (χ4v) is 2.32. The van der Waals surface area contributed by atoms with Gasteiger partial charge in [0.2, 0.25) is 0 Å². The number of rotatable bonds is 1. The van der Waals surface area contributed by atoms with E-state index in [1.807, 2.05) is 0 Å². The van der Waals surface area contributed by atoms with Crippen molar-refractivity contribution < 1.29 is 0 Å². The van der Waals surface area contributed by atoms with Crippen LogP contribution in [-0.4, -0.2) is 24.5 Å². The predicted octanol–water partition coefficient (Wildman–Crippen LogP) is 2.37. The molecule has 1 heteroatoms. The van der Waals surface area contributed by atoms with E-state index in [0.29, 0.717) is 5.41 Å². The smallest absolute Gasteiger partial charge is 0.0121 e. The van der Waals surface area contributed by atoms with Gasteiger partial charge in [-0.05, 0) is 24.8 Å². The summed E-state index contributed by atoms with van der Waals surface area (Å²) in [6, 6.07) is 0.810. The monoisotopic (exact) mass is 155 g/mol. The van der Waals surface area contributed by atoms with Gasteiger partial charge in [-0.3, -0.25) is 0 Å². The third-order valence-corrected chi connectivity index (χ3v) is 2.77. The van der Waals surface area contributed by atoms with Gasteiger partial charge in [0.15, 0.2) is 0 Å². The Morgan fingerprint density at radius 3 is 2.09 bits per heavy atom. The lowest BCUT2D eigenvalue weighted by atomic mass is 9.88. The summed E-state index contributed by atoms with van der Waals surface area (Å²) in [5.41, 5.74) is 0.545. The average Bonchev–Trinajstić information content (AvgIpc) is 2.05. The van der Waals surface area contributed by atoms with Crippen molar-refractivity contribution in [1.29, 1.82) is 0 Å². The lowest BCUT2D eigenvalue weighted by Gasteiger charge is -2.22. The molecule has 0 aromatic carbocycles. The van der Waals surface area contributed by atoms with Crippen LogP contribution in [0.5, 0.6) is 0 Å². The molecular formula is C10H21N. The fraction of sp³-hybridized carbons (Fsp3) is 1.00. The third kappa shape index (κ3) is 1.96. The highest BCUT2D eigenvalue weighted by molar-refractivity contribution is 4.90. The van der Waals surface area contributed by atoms with Crippen LogP contribution in [0.3, 0.4) is 0 Å². The van der Waals surface area contributed by atoms with Gasteiger partial charge in [-0.2, -0.15) is 0 Å². The first-order valence-electron chi connectivity index (χ1n) is 4.63. The second kappa shape index (κ2) is 2.78. The van der Waals surface area contributed by atoms with E-state index in [2.05, 4.69) is 39.6 Å². The molecule has 11 heavy (non-hydrogen) atoms. The molecule has 0 N–H and O–H groups in total. The van der Waals surface area contributed by atoms with Gasteiger partial charge in [-0.15, -0.1) is 0 Å². The normalized spacial score (nSPS) is 31.6. The summed E-state index contributed by atoms with van der Waals surface area (Å²) in [5.74, 6) is 0.807. The Balaban J connectivity index is 2.59. The van der Waals surface area contributed by atoms with E-state index in [9.17, 15) is 0 Å². The average molecular weight is 155 g/mol. The Morgan fingerprint density at radius 1 is 1.36 bits per heavy atom. The number of hydrogen-bond acceptors (Lipinski definition) is 1. The van der Waals surface area contributed by atoms with E-state index in [1.165, 1.54) is 13.0 Å². The van der Waals surface area contributed by atoms with E-state index < -0.39 is 0 Å². The maximum absolute atomic E-state index is 2.50. The molecule has 0 aliphatic carbocycles. The highest BCUT2D eigenvalue weighted by atomic mass is 15.2. The van der Waals surface area contributed by atoms with Crippen LogP contribution in [0.1, 0.15) is 34.1 Å². The van der Waals surface area contributed by atoms with Crippen LogP contribution in [0.2, 0.25) is 0 Å². The van der Waals surface area contributed by atoms with Gasteiger partial charge >= 0.3 is 0 Å². The van der Waals surface area contributed by atoms with E-state index in [-0.39, 0.29) is 0 Å². The van der Waals surface area contributed by atoms with Crippen molar-refractivity contribution in [1.82, 2.24) is 4.90 Å². The van der Waals surface area contributed by atoms with Crippen molar-refractivity contribution in [3.8, 4) is 0 Å². The van der Waals surface area contributed by atoms with Crippen molar-refractivity contribution >= 4 is 0 Å². The fourth-order valence-electron chi connectivity index (χ4n) is 2.32. The summed E-state index contributed by atoms with van der Waals surface area (Å²) < 4.78 is 0. The molecule has 1 aliphatic heterocycles. The largest absolute Gasteiger partial charge is 0.303 e. The van der Waals surface area contributed by atoms with E-state index >= 15 is 0 Å². The van der Waals surface area contributed by atoms with Crippen molar-refractivity contribution in [2.24, 2.45) is 11.3 Å². The molecule has 0 amide bonds. The number of hydrogen-bond donors (Lipinski definition) is 0. The van der Waals surface area contributed by atoms with Crippen LogP contribution in [0, 0.1) is 11.3 Å². The SMILES string of the molecule is CC(C)C1CC(C)(C)CN1C. The molecule has 1 fully saturated rings. The number of likely N-dealkylation sites (tertiary alicyclic amines) is 1. The Kier molecular flexibility index (Phi) is 2.29. The van der Waals surface area contributed by atoms with Crippen LogP contribution < -0.4 is 0 Å². The van der Waals surface area contributed by atoms with Gasteiger partial charge in [0, 0.05) is 12.6 Å². The van der Waals surface area contributed by atoms with Gasteiger partial charge in [-0.1, -0.05) is 27.7 Å². The first-order valence-corrected chi connectivity index (χ1v) is 4.63. The van der Waals surface area contributed by atoms with E-state index in [1.54, 1.807) is 0 Å². The van der Waals surface area contributed by atoms with Crippen LogP contribution in [0.4, 0.5) is 0 Å². The molecule has 1 aliphatic rings. The molecule has 1 rings (SSSR count). The Hall–Kier alpha value is -0.0400. The van der Waals surface area contributed by atoms with E-state index in [4.69, 9.17) is 0 Å². The molecule has 1 saturated heterocycles. The van der Waals surface area contributed by atoms with Crippen molar-refractivity contribution in [3.63, 3.8) is 0 Å². The minimum Gasteiger partial charge on any atom is -0.303 e. The van der Waals surface area contributed by atoms with Crippen molar-refractivity contribution in [2.45, 2.75) is 40.2 Å². The zero-order valence-electron chi connectivity index (χ0n) is 8.52. The lowest BCUT2D eigenvalue weighted by molar-refractivity contribution is 0.248. The minimum absolute atomic E-state index is 0.545. The molecule has 0 radical (unpaired) electrons. The summed E-state index contributed by atoms with van der Waals surface area (Å²) in [7, 11) is 2.25. The first kappa shape index (κ1) is 9.05. The summed E-state index contributed by atoms with van der Waals surface area (Å²) in [5, 5.41) is 0. The van der Waals surface area contributed by atoms with Gasteiger partial charge in [0.25, 0.3) is 0 Å².